The molecule has 1 aliphatic rings. The van der Waals surface area contributed by atoms with Gasteiger partial charge in [0.2, 0.25) is 0 Å². The number of β-amino-alcohol motifs (C(OH)–C–C–N with tert-alkyl or cyclic N) is 1. The predicted octanol–water partition coefficient (Wildman–Crippen LogP) is 4.31. The zero-order chi connectivity index (χ0) is 20.8. The number of amides is 1. The first kappa shape index (κ1) is 23.2. The Kier molecular flexibility index (Phi) is 6.24. The normalized spacial score (nSPS) is 25.5. The van der Waals surface area contributed by atoms with Gasteiger partial charge >= 0.3 is 12.3 Å². The quantitative estimate of drug-likeness (QED) is 0.719. The molecule has 2 atom stereocenters. The second-order valence-corrected chi connectivity index (χ2v) is 14.4. The number of ether oxygens (including phenoxy) is 1. The fourth-order valence-corrected chi connectivity index (χ4v) is 3.43. The SMILES string of the molecule is CC(C)(C)OC(=O)N1C[C@@](O)(C(F)(F)F)C[C@H]1CO[Si](C)(C)C(C)(C)C. The second kappa shape index (κ2) is 6.98. The average molecular weight is 400 g/mol. The number of rotatable bonds is 3. The van der Waals surface area contributed by atoms with E-state index in [1.807, 2.05) is 33.9 Å². The van der Waals surface area contributed by atoms with Gasteiger partial charge in [-0.3, -0.25) is 4.90 Å². The predicted molar refractivity (Wildman–Crippen MR) is 95.5 cm³/mol. The molecule has 1 N–H and O–H groups in total. The number of hydrogen-bond acceptors (Lipinski definition) is 4. The van der Waals surface area contributed by atoms with Gasteiger partial charge in [0.1, 0.15) is 5.60 Å². The van der Waals surface area contributed by atoms with E-state index in [0.717, 1.165) is 4.90 Å². The van der Waals surface area contributed by atoms with Gasteiger partial charge in [-0.1, -0.05) is 20.8 Å². The fraction of sp³-hybridized carbons (Fsp3) is 0.941. The van der Waals surface area contributed by atoms with Crippen molar-refractivity contribution >= 4 is 14.4 Å². The maximum Gasteiger partial charge on any atom is 0.419 e. The van der Waals surface area contributed by atoms with Crippen molar-refractivity contribution in [3.63, 3.8) is 0 Å². The Morgan fingerprint density at radius 1 is 1.19 bits per heavy atom. The number of alkyl halides is 3. The maximum atomic E-state index is 13.3. The molecule has 1 amide bonds. The van der Waals surface area contributed by atoms with E-state index < -0.39 is 50.8 Å². The van der Waals surface area contributed by atoms with Gasteiger partial charge < -0.3 is 14.3 Å². The van der Waals surface area contributed by atoms with Crippen LogP contribution < -0.4 is 0 Å². The van der Waals surface area contributed by atoms with Gasteiger partial charge in [-0.05, 0) is 38.9 Å². The lowest BCUT2D eigenvalue weighted by atomic mass is 10.0. The monoisotopic (exact) mass is 399 g/mol. The first-order valence-corrected chi connectivity index (χ1v) is 11.6. The van der Waals surface area contributed by atoms with Gasteiger partial charge in [0.05, 0.1) is 19.2 Å². The molecule has 0 aromatic rings. The molecule has 0 radical (unpaired) electrons. The maximum absolute atomic E-state index is 13.3. The summed E-state index contributed by atoms with van der Waals surface area (Å²) in [4.78, 5) is 13.3. The van der Waals surface area contributed by atoms with E-state index in [2.05, 4.69) is 0 Å². The number of likely N-dealkylation sites (tertiary alicyclic amines) is 1. The number of nitrogens with zero attached hydrogens (tertiary/aromatic N) is 1. The molecule has 1 heterocycles. The molecule has 0 spiro atoms. The first-order valence-electron chi connectivity index (χ1n) is 8.72. The van der Waals surface area contributed by atoms with Crippen LogP contribution in [-0.2, 0) is 9.16 Å². The number of hydrogen-bond donors (Lipinski definition) is 1. The average Bonchev–Trinajstić information content (AvgIpc) is 2.71. The summed E-state index contributed by atoms with van der Waals surface area (Å²) >= 11 is 0. The van der Waals surface area contributed by atoms with Crippen LogP contribution in [0, 0.1) is 0 Å². The highest BCUT2D eigenvalue weighted by Crippen LogP contribution is 2.42. The number of carbonyl (C=O) groups is 1. The number of carbonyl (C=O) groups excluding carboxylic acids is 1. The van der Waals surface area contributed by atoms with Gasteiger partial charge in [-0.15, -0.1) is 0 Å². The van der Waals surface area contributed by atoms with Crippen molar-refractivity contribution in [2.45, 2.75) is 89.5 Å². The molecule has 0 aromatic heterocycles. The minimum atomic E-state index is -4.83. The van der Waals surface area contributed by atoms with Gasteiger partial charge in [-0.2, -0.15) is 13.2 Å². The summed E-state index contributed by atoms with van der Waals surface area (Å²) in [5.41, 5.74) is -3.80. The topological polar surface area (TPSA) is 59.0 Å². The Bertz CT molecular complexity index is 526. The highest BCUT2D eigenvalue weighted by atomic mass is 28.4. The Morgan fingerprint density at radius 3 is 2.08 bits per heavy atom. The van der Waals surface area contributed by atoms with Gasteiger partial charge in [0.25, 0.3) is 0 Å². The van der Waals surface area contributed by atoms with Gasteiger partial charge in [0.15, 0.2) is 13.9 Å². The molecule has 1 rings (SSSR count). The lowest BCUT2D eigenvalue weighted by molar-refractivity contribution is -0.253. The van der Waals surface area contributed by atoms with Crippen molar-refractivity contribution < 1.29 is 32.2 Å². The summed E-state index contributed by atoms with van der Waals surface area (Å²) in [6, 6.07) is -0.898. The second-order valence-electron chi connectivity index (χ2n) is 9.57. The third-order valence-electron chi connectivity index (χ3n) is 5.04. The largest absolute Gasteiger partial charge is 0.444 e. The molecule has 5 nitrogen and oxygen atoms in total. The van der Waals surface area contributed by atoms with Crippen LogP contribution in [0.4, 0.5) is 18.0 Å². The van der Waals surface area contributed by atoms with E-state index >= 15 is 0 Å². The van der Waals surface area contributed by atoms with Crippen LogP contribution in [0.3, 0.4) is 0 Å². The highest BCUT2D eigenvalue weighted by Gasteiger charge is 2.61. The van der Waals surface area contributed by atoms with Crippen LogP contribution in [-0.4, -0.2) is 61.0 Å². The van der Waals surface area contributed by atoms with Gasteiger partial charge in [0, 0.05) is 6.42 Å². The molecule has 0 bridgehead atoms. The van der Waals surface area contributed by atoms with Crippen molar-refractivity contribution in [1.82, 2.24) is 4.90 Å². The van der Waals surface area contributed by atoms with E-state index in [1.54, 1.807) is 20.8 Å². The van der Waals surface area contributed by atoms with Crippen LogP contribution in [0.5, 0.6) is 0 Å². The minimum Gasteiger partial charge on any atom is -0.444 e. The van der Waals surface area contributed by atoms with Crippen LogP contribution in [0.15, 0.2) is 0 Å². The van der Waals surface area contributed by atoms with Crippen molar-refractivity contribution in [2.75, 3.05) is 13.2 Å². The van der Waals surface area contributed by atoms with Crippen LogP contribution in [0.25, 0.3) is 0 Å². The van der Waals surface area contributed by atoms with E-state index in [9.17, 15) is 23.1 Å². The summed E-state index contributed by atoms with van der Waals surface area (Å²) in [5.74, 6) is 0. The van der Waals surface area contributed by atoms with Gasteiger partial charge in [-0.25, -0.2) is 4.79 Å². The molecule has 0 aromatic carbocycles. The first-order chi connectivity index (χ1) is 11.3. The van der Waals surface area contributed by atoms with Crippen molar-refractivity contribution in [3.8, 4) is 0 Å². The molecule has 0 unspecified atom stereocenters. The van der Waals surface area contributed by atoms with Crippen molar-refractivity contribution in [1.29, 1.82) is 0 Å². The van der Waals surface area contributed by atoms with Crippen LogP contribution >= 0.6 is 0 Å². The molecule has 154 valence electrons. The molecule has 1 fully saturated rings. The molecule has 26 heavy (non-hydrogen) atoms. The number of aliphatic hydroxyl groups is 1. The molecular weight excluding hydrogens is 367 g/mol. The summed E-state index contributed by atoms with van der Waals surface area (Å²) in [5, 5.41) is 9.96. The zero-order valence-electron chi connectivity index (χ0n) is 17.0. The van der Waals surface area contributed by atoms with Crippen molar-refractivity contribution in [2.24, 2.45) is 0 Å². The Hall–Kier alpha value is -0.803. The molecular formula is C17H32F3NO4Si. The third-order valence-corrected chi connectivity index (χ3v) is 9.55. The molecule has 9 heteroatoms. The molecule has 0 aliphatic carbocycles. The third kappa shape index (κ3) is 5.36. The van der Waals surface area contributed by atoms with E-state index in [-0.39, 0.29) is 11.6 Å². The summed E-state index contributed by atoms with van der Waals surface area (Å²) in [6.07, 6.45) is -6.33. The Balaban J connectivity index is 3.02. The number of halogens is 3. The van der Waals surface area contributed by atoms with E-state index in [4.69, 9.17) is 9.16 Å². The van der Waals surface area contributed by atoms with E-state index in [1.165, 1.54) is 0 Å². The Labute approximate surface area is 155 Å². The standard InChI is InChI=1S/C17H32F3NO4Si/c1-14(2,3)25-13(22)21-11-16(23,17(18,19)20)9-12(21)10-24-26(7,8)15(4,5)6/h12,23H,9-11H2,1-8H3/t12-,16+/m0/s1. The lowest BCUT2D eigenvalue weighted by Gasteiger charge is -2.38. The summed E-state index contributed by atoms with van der Waals surface area (Å²) in [7, 11) is -2.22. The van der Waals surface area contributed by atoms with E-state index in [0.29, 0.717) is 0 Å². The lowest BCUT2D eigenvalue weighted by Crippen LogP contribution is -2.49. The zero-order valence-corrected chi connectivity index (χ0v) is 18.0. The smallest absolute Gasteiger partial charge is 0.419 e. The summed E-state index contributed by atoms with van der Waals surface area (Å²) < 4.78 is 51.1. The van der Waals surface area contributed by atoms with Crippen LogP contribution in [0.2, 0.25) is 18.1 Å². The Morgan fingerprint density at radius 2 is 1.69 bits per heavy atom. The minimum absolute atomic E-state index is 0.0614. The van der Waals surface area contributed by atoms with Crippen molar-refractivity contribution in [3.05, 3.63) is 0 Å². The molecule has 1 saturated heterocycles. The molecule has 0 saturated carbocycles. The molecule has 1 aliphatic heterocycles. The fourth-order valence-electron chi connectivity index (χ4n) is 2.38. The van der Waals surface area contributed by atoms with Crippen LogP contribution in [0.1, 0.15) is 48.0 Å². The summed E-state index contributed by atoms with van der Waals surface area (Å²) in [6.45, 7) is 14.0. The highest BCUT2D eigenvalue weighted by molar-refractivity contribution is 6.74.